The molecule has 0 radical (unpaired) electrons. The minimum Gasteiger partial charge on any atom is -0.350 e. The topological polar surface area (TPSA) is 107 Å². The first-order valence-electron chi connectivity index (χ1n) is 9.01. The van der Waals surface area contributed by atoms with E-state index in [2.05, 4.69) is 36.6 Å². The molecule has 8 nitrogen and oxygen atoms in total. The van der Waals surface area contributed by atoms with Crippen molar-refractivity contribution in [3.63, 3.8) is 0 Å². The number of likely N-dealkylation sites (tertiary alicyclic amines) is 1. The molecule has 1 unspecified atom stereocenters. The zero-order valence-electron chi connectivity index (χ0n) is 15.5. The molecule has 27 heavy (non-hydrogen) atoms. The molecule has 0 spiro atoms. The van der Waals surface area contributed by atoms with Gasteiger partial charge in [-0.1, -0.05) is 13.8 Å². The lowest BCUT2D eigenvalue weighted by Crippen LogP contribution is -2.27. The van der Waals surface area contributed by atoms with Crippen LogP contribution >= 0.6 is 11.3 Å². The first-order valence-corrected chi connectivity index (χ1v) is 9.89. The van der Waals surface area contributed by atoms with Crippen LogP contribution in [0.3, 0.4) is 0 Å². The van der Waals surface area contributed by atoms with Gasteiger partial charge in [0.05, 0.1) is 24.3 Å². The highest BCUT2D eigenvalue weighted by Crippen LogP contribution is 2.30. The molecule has 1 aliphatic rings. The molecule has 2 N–H and O–H groups in total. The fourth-order valence-electron chi connectivity index (χ4n) is 2.98. The maximum Gasteiger partial charge on any atom is 0.270 e. The number of thiazole rings is 1. The number of amides is 1. The molecule has 0 aliphatic carbocycles. The minimum atomic E-state index is -0.180. The molecule has 1 aliphatic heterocycles. The van der Waals surface area contributed by atoms with E-state index in [1.807, 2.05) is 19.9 Å². The predicted octanol–water partition coefficient (Wildman–Crippen LogP) is 2.72. The Bertz CT molecular complexity index is 829. The number of nitrogens with one attached hydrogen (secondary N) is 2. The monoisotopic (exact) mass is 385 g/mol. The van der Waals surface area contributed by atoms with Gasteiger partial charge in [-0.25, -0.2) is 15.0 Å². The minimum absolute atomic E-state index is 0.141. The Morgan fingerprint density at radius 1 is 1.48 bits per heavy atom. The molecular formula is C18H23N7OS. The molecule has 1 amide bonds. The lowest BCUT2D eigenvalue weighted by atomic mass is 10.1. The van der Waals surface area contributed by atoms with Crippen molar-refractivity contribution in [2.45, 2.75) is 32.7 Å². The highest BCUT2D eigenvalue weighted by molar-refractivity contribution is 7.14. The Kier molecular flexibility index (Phi) is 6.32. The van der Waals surface area contributed by atoms with Crippen molar-refractivity contribution in [2.75, 3.05) is 25.0 Å². The van der Waals surface area contributed by atoms with Crippen LogP contribution in [0.5, 0.6) is 0 Å². The summed E-state index contributed by atoms with van der Waals surface area (Å²) in [6.07, 6.45) is 3.74. The fourth-order valence-corrected chi connectivity index (χ4v) is 3.66. The van der Waals surface area contributed by atoms with Crippen molar-refractivity contribution >= 4 is 28.3 Å². The van der Waals surface area contributed by atoms with Crippen LogP contribution in [0.25, 0.3) is 0 Å². The molecule has 0 saturated carbocycles. The summed E-state index contributed by atoms with van der Waals surface area (Å²) >= 11 is 1.34. The van der Waals surface area contributed by atoms with Gasteiger partial charge in [0, 0.05) is 18.1 Å². The Morgan fingerprint density at radius 3 is 3.11 bits per heavy atom. The smallest absolute Gasteiger partial charge is 0.270 e. The molecular weight excluding hydrogens is 362 g/mol. The van der Waals surface area contributed by atoms with Gasteiger partial charge in [0.2, 0.25) is 5.95 Å². The molecule has 0 aromatic carbocycles. The zero-order valence-corrected chi connectivity index (χ0v) is 16.3. The molecule has 2 aromatic heterocycles. The van der Waals surface area contributed by atoms with E-state index >= 15 is 0 Å². The number of carbonyl (C=O) groups excluding carboxylic acids is 1. The summed E-state index contributed by atoms with van der Waals surface area (Å²) in [7, 11) is 0. The van der Waals surface area contributed by atoms with Crippen molar-refractivity contribution in [3.8, 4) is 6.07 Å². The predicted molar refractivity (Wildman–Crippen MR) is 104 cm³/mol. The number of carbonyl (C=O) groups is 1. The highest BCUT2D eigenvalue weighted by Gasteiger charge is 2.27. The van der Waals surface area contributed by atoms with Gasteiger partial charge in [0.25, 0.3) is 5.91 Å². The number of rotatable bonds is 7. The van der Waals surface area contributed by atoms with Gasteiger partial charge in [0.1, 0.15) is 5.69 Å². The van der Waals surface area contributed by atoms with Crippen LogP contribution in [0, 0.1) is 17.2 Å². The summed E-state index contributed by atoms with van der Waals surface area (Å²) < 4.78 is 0. The van der Waals surface area contributed by atoms with E-state index in [1.165, 1.54) is 11.3 Å². The quantitative estimate of drug-likeness (QED) is 0.706. The second-order valence-electron chi connectivity index (χ2n) is 6.86. The second kappa shape index (κ2) is 8.88. The molecule has 3 rings (SSSR count). The van der Waals surface area contributed by atoms with Crippen molar-refractivity contribution in [1.29, 1.82) is 5.26 Å². The van der Waals surface area contributed by atoms with Crippen molar-refractivity contribution < 1.29 is 4.79 Å². The number of nitriles is 1. The average Bonchev–Trinajstić information content (AvgIpc) is 3.30. The van der Waals surface area contributed by atoms with Crippen LogP contribution in [-0.2, 0) is 0 Å². The van der Waals surface area contributed by atoms with Crippen molar-refractivity contribution in [2.24, 2.45) is 5.92 Å². The van der Waals surface area contributed by atoms with E-state index < -0.39 is 0 Å². The molecule has 1 atom stereocenters. The Labute approximate surface area is 162 Å². The Morgan fingerprint density at radius 2 is 2.33 bits per heavy atom. The van der Waals surface area contributed by atoms with E-state index in [4.69, 9.17) is 5.26 Å². The van der Waals surface area contributed by atoms with E-state index in [0.29, 0.717) is 35.8 Å². The Balaban J connectivity index is 1.67. The molecule has 1 fully saturated rings. The molecule has 3 heterocycles. The van der Waals surface area contributed by atoms with Crippen LogP contribution in [0.1, 0.15) is 48.9 Å². The molecule has 2 aromatic rings. The lowest BCUT2D eigenvalue weighted by Gasteiger charge is -2.21. The highest BCUT2D eigenvalue weighted by atomic mass is 32.1. The number of hydrogen-bond acceptors (Lipinski definition) is 8. The normalized spacial score (nSPS) is 17.0. The third-order valence-corrected chi connectivity index (χ3v) is 5.04. The SMILES string of the molecule is CC(C)CNC(=O)c1csc(Nc2nccc(C3CCCN3CC#N)n2)n1. The molecule has 142 valence electrons. The Hall–Kier alpha value is -2.57. The lowest BCUT2D eigenvalue weighted by molar-refractivity contribution is 0.0945. The molecule has 0 bridgehead atoms. The van der Waals surface area contributed by atoms with Crippen LogP contribution < -0.4 is 10.6 Å². The van der Waals surface area contributed by atoms with Crippen molar-refractivity contribution in [1.82, 2.24) is 25.2 Å². The summed E-state index contributed by atoms with van der Waals surface area (Å²) in [4.78, 5) is 27.4. The summed E-state index contributed by atoms with van der Waals surface area (Å²) in [6.45, 7) is 6.01. The van der Waals surface area contributed by atoms with E-state index in [1.54, 1.807) is 11.6 Å². The third-order valence-electron chi connectivity index (χ3n) is 4.28. The van der Waals surface area contributed by atoms with Gasteiger partial charge in [-0.05, 0) is 31.4 Å². The molecule has 1 saturated heterocycles. The maximum atomic E-state index is 12.1. The first-order chi connectivity index (χ1) is 13.1. The third kappa shape index (κ3) is 4.99. The van der Waals surface area contributed by atoms with Crippen LogP contribution in [0.15, 0.2) is 17.6 Å². The van der Waals surface area contributed by atoms with E-state index in [-0.39, 0.29) is 11.9 Å². The number of aromatic nitrogens is 3. The number of anilines is 2. The van der Waals surface area contributed by atoms with Gasteiger partial charge in [-0.15, -0.1) is 11.3 Å². The van der Waals surface area contributed by atoms with Gasteiger partial charge in [-0.3, -0.25) is 9.69 Å². The average molecular weight is 385 g/mol. The summed E-state index contributed by atoms with van der Waals surface area (Å²) in [6, 6.07) is 4.24. The number of nitrogens with zero attached hydrogens (tertiary/aromatic N) is 5. The zero-order chi connectivity index (χ0) is 19.2. The summed E-state index contributed by atoms with van der Waals surface area (Å²) in [5, 5.41) is 17.2. The maximum absolute atomic E-state index is 12.1. The van der Waals surface area contributed by atoms with Crippen molar-refractivity contribution in [3.05, 3.63) is 29.0 Å². The second-order valence-corrected chi connectivity index (χ2v) is 7.72. The number of hydrogen-bond donors (Lipinski definition) is 2. The standard InChI is InChI=1S/C18H23N7OS/c1-12(2)10-21-16(26)14-11-27-18(23-14)24-17-20-7-5-13(22-17)15-4-3-8-25(15)9-6-19/h5,7,11-12,15H,3-4,8-10H2,1-2H3,(H,21,26)(H,20,22,23,24). The van der Waals surface area contributed by atoms with E-state index in [9.17, 15) is 4.79 Å². The van der Waals surface area contributed by atoms with Gasteiger partial charge < -0.3 is 10.6 Å². The van der Waals surface area contributed by atoms with Gasteiger partial charge in [0.15, 0.2) is 5.13 Å². The summed E-state index contributed by atoms with van der Waals surface area (Å²) in [5.41, 5.74) is 1.28. The van der Waals surface area contributed by atoms with Crippen LogP contribution in [-0.4, -0.2) is 45.4 Å². The molecule has 9 heteroatoms. The van der Waals surface area contributed by atoms with E-state index in [0.717, 1.165) is 25.1 Å². The van der Waals surface area contributed by atoms with Crippen LogP contribution in [0.4, 0.5) is 11.1 Å². The first kappa shape index (κ1) is 19.2. The summed E-state index contributed by atoms with van der Waals surface area (Å²) in [5.74, 6) is 0.651. The van der Waals surface area contributed by atoms with Gasteiger partial charge >= 0.3 is 0 Å². The van der Waals surface area contributed by atoms with Crippen LogP contribution in [0.2, 0.25) is 0 Å². The van der Waals surface area contributed by atoms with Gasteiger partial charge in [-0.2, -0.15) is 5.26 Å². The fraction of sp³-hybridized carbons (Fsp3) is 0.500. The largest absolute Gasteiger partial charge is 0.350 e.